The number of rotatable bonds is 3. The Morgan fingerprint density at radius 2 is 2.00 bits per heavy atom. The quantitative estimate of drug-likeness (QED) is 0.823. The summed E-state index contributed by atoms with van der Waals surface area (Å²) in [5.41, 5.74) is 0.501. The van der Waals surface area contributed by atoms with E-state index in [-0.39, 0.29) is 17.8 Å². The third-order valence-electron chi connectivity index (χ3n) is 3.04. The first-order chi connectivity index (χ1) is 9.00. The van der Waals surface area contributed by atoms with Gasteiger partial charge in [-0.3, -0.25) is 4.79 Å². The number of amides is 1. The predicted molar refractivity (Wildman–Crippen MR) is 76.2 cm³/mol. The highest BCUT2D eigenvalue weighted by Crippen LogP contribution is 2.27. The lowest BCUT2D eigenvalue weighted by Gasteiger charge is -2.25. The molecular weight excluding hydrogens is 285 g/mol. The molecule has 5 heteroatoms. The molecule has 0 N–H and O–H groups in total. The Morgan fingerprint density at radius 3 is 2.58 bits per heavy atom. The van der Waals surface area contributed by atoms with Crippen LogP contribution in [0.1, 0.15) is 28.2 Å². The Kier molecular flexibility index (Phi) is 4.22. The Labute approximate surface area is 120 Å². The molecule has 0 saturated carbocycles. The molecule has 0 radical (unpaired) electrons. The van der Waals surface area contributed by atoms with E-state index in [0.29, 0.717) is 14.8 Å². The molecule has 2 rings (SSSR count). The first kappa shape index (κ1) is 14.0. The van der Waals surface area contributed by atoms with E-state index in [1.54, 1.807) is 44.3 Å². The van der Waals surface area contributed by atoms with Gasteiger partial charge in [0, 0.05) is 12.6 Å². The van der Waals surface area contributed by atoms with E-state index in [1.165, 1.54) is 22.3 Å². The standard InChI is InChI=1S/C14H13ClFNOS/c1-9(10-5-3-4-6-11(10)16)17(2)14(18)12-7-8-13(15)19-12/h3-9H,1-2H3. The average Bonchev–Trinajstić information content (AvgIpc) is 2.83. The highest BCUT2D eigenvalue weighted by Gasteiger charge is 2.22. The van der Waals surface area contributed by atoms with Crippen LogP contribution in [0.4, 0.5) is 4.39 Å². The lowest BCUT2D eigenvalue weighted by atomic mass is 10.1. The molecule has 2 nitrogen and oxygen atoms in total. The van der Waals surface area contributed by atoms with Crippen molar-refractivity contribution in [2.75, 3.05) is 7.05 Å². The fourth-order valence-corrected chi connectivity index (χ4v) is 2.83. The zero-order valence-electron chi connectivity index (χ0n) is 10.6. The van der Waals surface area contributed by atoms with E-state index in [2.05, 4.69) is 0 Å². The second-order valence-corrected chi connectivity index (χ2v) is 5.93. The Hall–Kier alpha value is -1.39. The third-order valence-corrected chi connectivity index (χ3v) is 4.26. The molecule has 1 atom stereocenters. The van der Waals surface area contributed by atoms with Crippen LogP contribution in [0.25, 0.3) is 0 Å². The van der Waals surface area contributed by atoms with E-state index >= 15 is 0 Å². The highest BCUT2D eigenvalue weighted by atomic mass is 35.5. The summed E-state index contributed by atoms with van der Waals surface area (Å²) < 4.78 is 14.3. The molecule has 0 aliphatic rings. The molecular formula is C14H13ClFNOS. The third kappa shape index (κ3) is 2.96. The van der Waals surface area contributed by atoms with Crippen LogP contribution in [-0.4, -0.2) is 17.9 Å². The van der Waals surface area contributed by atoms with Crippen molar-refractivity contribution in [3.63, 3.8) is 0 Å². The Balaban J connectivity index is 2.22. The summed E-state index contributed by atoms with van der Waals surface area (Å²) in [6, 6.07) is 9.49. The smallest absolute Gasteiger partial charge is 0.264 e. The fourth-order valence-electron chi connectivity index (χ4n) is 1.80. The molecule has 0 spiro atoms. The van der Waals surface area contributed by atoms with E-state index in [0.717, 1.165) is 0 Å². The van der Waals surface area contributed by atoms with E-state index in [1.807, 2.05) is 0 Å². The van der Waals surface area contributed by atoms with Gasteiger partial charge >= 0.3 is 0 Å². The second-order valence-electron chi connectivity index (χ2n) is 4.22. The summed E-state index contributed by atoms with van der Waals surface area (Å²) in [6.07, 6.45) is 0. The van der Waals surface area contributed by atoms with Crippen molar-refractivity contribution in [3.05, 3.63) is 57.0 Å². The number of halogens is 2. The Morgan fingerprint density at radius 1 is 1.32 bits per heavy atom. The number of carbonyl (C=O) groups excluding carboxylic acids is 1. The van der Waals surface area contributed by atoms with Crippen molar-refractivity contribution >= 4 is 28.8 Å². The summed E-state index contributed by atoms with van der Waals surface area (Å²) in [7, 11) is 1.66. The minimum Gasteiger partial charge on any atom is -0.334 e. The molecule has 2 aromatic rings. The van der Waals surface area contributed by atoms with Crippen LogP contribution in [0.3, 0.4) is 0 Å². The van der Waals surface area contributed by atoms with Gasteiger partial charge in [0.25, 0.3) is 5.91 Å². The maximum atomic E-state index is 13.7. The molecule has 0 aliphatic heterocycles. The molecule has 19 heavy (non-hydrogen) atoms. The van der Waals surface area contributed by atoms with E-state index < -0.39 is 0 Å². The van der Waals surface area contributed by atoms with Crippen molar-refractivity contribution in [2.24, 2.45) is 0 Å². The van der Waals surface area contributed by atoms with Crippen LogP contribution in [0.15, 0.2) is 36.4 Å². The largest absolute Gasteiger partial charge is 0.334 e. The minimum atomic E-state index is -0.338. The normalized spacial score (nSPS) is 12.2. The number of carbonyl (C=O) groups is 1. The van der Waals surface area contributed by atoms with Crippen molar-refractivity contribution < 1.29 is 9.18 Å². The SMILES string of the molecule is CC(c1ccccc1F)N(C)C(=O)c1ccc(Cl)s1. The monoisotopic (exact) mass is 297 g/mol. The van der Waals surface area contributed by atoms with Gasteiger partial charge in [0.15, 0.2) is 0 Å². The first-order valence-electron chi connectivity index (χ1n) is 5.77. The fraction of sp³-hybridized carbons (Fsp3) is 0.214. The van der Waals surface area contributed by atoms with E-state index in [4.69, 9.17) is 11.6 Å². The predicted octanol–water partition coefficient (Wildman–Crippen LogP) is 4.37. The zero-order chi connectivity index (χ0) is 14.0. The number of thiophene rings is 1. The van der Waals surface area contributed by atoms with Crippen LogP contribution in [-0.2, 0) is 0 Å². The average molecular weight is 298 g/mol. The van der Waals surface area contributed by atoms with Gasteiger partial charge in [-0.2, -0.15) is 0 Å². The molecule has 0 saturated heterocycles. The number of nitrogens with zero attached hydrogens (tertiary/aromatic N) is 1. The maximum absolute atomic E-state index is 13.7. The van der Waals surface area contributed by atoms with Crippen LogP contribution in [0, 0.1) is 5.82 Å². The molecule has 1 aromatic carbocycles. The van der Waals surface area contributed by atoms with Gasteiger partial charge in [0.05, 0.1) is 15.3 Å². The van der Waals surface area contributed by atoms with Gasteiger partial charge in [-0.15, -0.1) is 11.3 Å². The van der Waals surface area contributed by atoms with Crippen LogP contribution in [0.5, 0.6) is 0 Å². The van der Waals surface area contributed by atoms with Crippen molar-refractivity contribution in [3.8, 4) is 0 Å². The summed E-state index contributed by atoms with van der Waals surface area (Å²) in [5, 5.41) is 0. The van der Waals surface area contributed by atoms with Gasteiger partial charge in [-0.05, 0) is 25.1 Å². The summed E-state index contributed by atoms with van der Waals surface area (Å²) in [6.45, 7) is 1.80. The highest BCUT2D eigenvalue weighted by molar-refractivity contribution is 7.17. The maximum Gasteiger partial charge on any atom is 0.264 e. The van der Waals surface area contributed by atoms with Crippen LogP contribution >= 0.6 is 22.9 Å². The molecule has 0 fully saturated rings. The molecule has 1 heterocycles. The molecule has 0 aliphatic carbocycles. The molecule has 1 unspecified atom stereocenters. The van der Waals surface area contributed by atoms with Gasteiger partial charge in [-0.25, -0.2) is 4.39 Å². The second kappa shape index (κ2) is 5.72. The topological polar surface area (TPSA) is 20.3 Å². The van der Waals surface area contributed by atoms with Gasteiger partial charge in [0.2, 0.25) is 0 Å². The minimum absolute atomic E-state index is 0.160. The van der Waals surface area contributed by atoms with Crippen molar-refractivity contribution in [2.45, 2.75) is 13.0 Å². The lowest BCUT2D eigenvalue weighted by molar-refractivity contribution is 0.0745. The number of hydrogen-bond donors (Lipinski definition) is 0. The number of hydrogen-bond acceptors (Lipinski definition) is 2. The first-order valence-corrected chi connectivity index (χ1v) is 6.97. The zero-order valence-corrected chi connectivity index (χ0v) is 12.1. The van der Waals surface area contributed by atoms with Gasteiger partial charge < -0.3 is 4.90 Å². The number of benzene rings is 1. The molecule has 0 bridgehead atoms. The molecule has 1 aromatic heterocycles. The summed E-state index contributed by atoms with van der Waals surface area (Å²) in [5.74, 6) is -0.466. The summed E-state index contributed by atoms with van der Waals surface area (Å²) in [4.78, 5) is 14.3. The summed E-state index contributed by atoms with van der Waals surface area (Å²) >= 11 is 7.04. The van der Waals surface area contributed by atoms with Crippen molar-refractivity contribution in [1.29, 1.82) is 0 Å². The molecule has 1 amide bonds. The Bertz CT molecular complexity index is 599. The van der Waals surface area contributed by atoms with Gasteiger partial charge in [0.1, 0.15) is 5.82 Å². The lowest BCUT2D eigenvalue weighted by Crippen LogP contribution is -2.29. The van der Waals surface area contributed by atoms with Gasteiger partial charge in [-0.1, -0.05) is 29.8 Å². The van der Waals surface area contributed by atoms with E-state index in [9.17, 15) is 9.18 Å². The van der Waals surface area contributed by atoms with Crippen molar-refractivity contribution in [1.82, 2.24) is 4.90 Å². The van der Waals surface area contributed by atoms with Crippen LogP contribution in [0.2, 0.25) is 4.34 Å². The molecule has 100 valence electrons. The van der Waals surface area contributed by atoms with Crippen LogP contribution < -0.4 is 0 Å².